The number of nitro benzene ring substituents is 1. The Bertz CT molecular complexity index is 595. The second-order valence-electron chi connectivity index (χ2n) is 4.94. The summed E-state index contributed by atoms with van der Waals surface area (Å²) in [5, 5.41) is 10.9. The molecule has 0 saturated heterocycles. The summed E-state index contributed by atoms with van der Waals surface area (Å²) in [5.74, 6) is -0.395. The fourth-order valence-electron chi connectivity index (χ4n) is 2.39. The highest BCUT2D eigenvalue weighted by Crippen LogP contribution is 2.32. The number of ether oxygens (including phenoxy) is 1. The number of nitro groups is 1. The third kappa shape index (κ3) is 3.21. The third-order valence-corrected chi connectivity index (χ3v) is 3.48. The number of benzene rings is 1. The molecule has 6 nitrogen and oxygen atoms in total. The zero-order valence-corrected chi connectivity index (χ0v) is 12.2. The number of fused-ring (bicyclic) bond motifs is 1. The van der Waals surface area contributed by atoms with Crippen LogP contribution in [0.5, 0.6) is 0 Å². The molecule has 0 spiro atoms. The Morgan fingerprint density at radius 1 is 1.48 bits per heavy atom. The zero-order chi connectivity index (χ0) is 15.4. The molecule has 21 heavy (non-hydrogen) atoms. The van der Waals surface area contributed by atoms with Crippen molar-refractivity contribution in [2.24, 2.45) is 0 Å². The quantitative estimate of drug-likeness (QED) is 0.473. The predicted octanol–water partition coefficient (Wildman–Crippen LogP) is 2.77. The molecule has 1 aliphatic rings. The van der Waals surface area contributed by atoms with Crippen molar-refractivity contribution in [3.63, 3.8) is 0 Å². The second kappa shape index (κ2) is 6.39. The van der Waals surface area contributed by atoms with Crippen LogP contribution in [0, 0.1) is 10.1 Å². The largest absolute Gasteiger partial charge is 0.466 e. The van der Waals surface area contributed by atoms with Crippen molar-refractivity contribution in [2.75, 3.05) is 25.1 Å². The average molecular weight is 290 g/mol. The molecule has 112 valence electrons. The summed E-state index contributed by atoms with van der Waals surface area (Å²) in [6.07, 6.45) is 3.71. The van der Waals surface area contributed by atoms with E-state index in [0.29, 0.717) is 17.7 Å². The lowest BCUT2D eigenvalue weighted by molar-refractivity contribution is -0.384. The van der Waals surface area contributed by atoms with Gasteiger partial charge in [0.05, 0.1) is 24.2 Å². The number of hydrogen-bond acceptors (Lipinski definition) is 5. The van der Waals surface area contributed by atoms with E-state index in [1.54, 1.807) is 12.1 Å². The number of rotatable bonds is 5. The van der Waals surface area contributed by atoms with Crippen molar-refractivity contribution < 1.29 is 14.5 Å². The Labute approximate surface area is 123 Å². The van der Waals surface area contributed by atoms with Gasteiger partial charge < -0.3 is 9.64 Å². The van der Waals surface area contributed by atoms with Gasteiger partial charge in [-0.25, -0.2) is 4.79 Å². The topological polar surface area (TPSA) is 72.7 Å². The number of nitrogens with zero attached hydrogens (tertiary/aromatic N) is 2. The van der Waals surface area contributed by atoms with Gasteiger partial charge in [0.15, 0.2) is 0 Å². The number of carbonyl (C=O) groups is 1. The number of esters is 1. The van der Waals surface area contributed by atoms with Crippen molar-refractivity contribution in [1.29, 1.82) is 0 Å². The molecular weight excluding hydrogens is 272 g/mol. The lowest BCUT2D eigenvalue weighted by atomic mass is 10.0. The van der Waals surface area contributed by atoms with Gasteiger partial charge in [-0.15, -0.1) is 0 Å². The maximum Gasteiger partial charge on any atom is 0.335 e. The molecular formula is C15H18N2O4. The molecule has 0 atom stereocenters. The first-order valence-corrected chi connectivity index (χ1v) is 6.89. The van der Waals surface area contributed by atoms with E-state index in [9.17, 15) is 14.9 Å². The molecule has 0 aromatic heterocycles. The SMILES string of the molecule is CCCCN1CC(C(=O)OC)=Cc2cc([N+](=O)[O-])ccc21. The molecule has 1 heterocycles. The van der Waals surface area contributed by atoms with Crippen LogP contribution >= 0.6 is 0 Å². The summed E-state index contributed by atoms with van der Waals surface area (Å²) < 4.78 is 4.77. The van der Waals surface area contributed by atoms with Gasteiger partial charge in [-0.05, 0) is 18.6 Å². The number of hydrogen-bond donors (Lipinski definition) is 0. The summed E-state index contributed by atoms with van der Waals surface area (Å²) in [7, 11) is 1.34. The fourth-order valence-corrected chi connectivity index (χ4v) is 2.39. The highest BCUT2D eigenvalue weighted by Gasteiger charge is 2.23. The van der Waals surface area contributed by atoms with Crippen LogP contribution in [0.25, 0.3) is 6.08 Å². The summed E-state index contributed by atoms with van der Waals surface area (Å²) in [5.41, 5.74) is 2.14. The van der Waals surface area contributed by atoms with Crippen LogP contribution in [-0.4, -0.2) is 31.1 Å². The van der Waals surface area contributed by atoms with Crippen LogP contribution in [0.2, 0.25) is 0 Å². The zero-order valence-electron chi connectivity index (χ0n) is 12.2. The van der Waals surface area contributed by atoms with Crippen molar-refractivity contribution in [3.05, 3.63) is 39.4 Å². The van der Waals surface area contributed by atoms with E-state index in [-0.39, 0.29) is 5.69 Å². The Hall–Kier alpha value is -2.37. The van der Waals surface area contributed by atoms with Crippen LogP contribution in [0.15, 0.2) is 23.8 Å². The third-order valence-electron chi connectivity index (χ3n) is 3.48. The lowest BCUT2D eigenvalue weighted by Crippen LogP contribution is -2.32. The molecule has 0 unspecified atom stereocenters. The van der Waals surface area contributed by atoms with E-state index in [2.05, 4.69) is 11.8 Å². The number of non-ortho nitro benzene ring substituents is 1. The van der Waals surface area contributed by atoms with Crippen molar-refractivity contribution >= 4 is 23.4 Å². The fraction of sp³-hybridized carbons (Fsp3) is 0.400. The number of carbonyl (C=O) groups excluding carboxylic acids is 1. The van der Waals surface area contributed by atoms with Crippen molar-refractivity contribution in [1.82, 2.24) is 0 Å². The summed E-state index contributed by atoms with van der Waals surface area (Å²) >= 11 is 0. The van der Waals surface area contributed by atoms with Crippen LogP contribution in [0.1, 0.15) is 25.3 Å². The maximum absolute atomic E-state index is 11.8. The molecule has 0 saturated carbocycles. The van der Waals surface area contributed by atoms with Gasteiger partial charge in [0.25, 0.3) is 5.69 Å². The molecule has 1 aliphatic heterocycles. The number of anilines is 1. The van der Waals surface area contributed by atoms with E-state index >= 15 is 0 Å². The molecule has 1 aromatic rings. The molecule has 0 N–H and O–H groups in total. The first-order valence-electron chi connectivity index (χ1n) is 6.89. The van der Waals surface area contributed by atoms with Gasteiger partial charge in [-0.3, -0.25) is 10.1 Å². The molecule has 0 aliphatic carbocycles. The molecule has 0 amide bonds. The molecule has 2 rings (SSSR count). The minimum atomic E-state index is -0.434. The smallest absolute Gasteiger partial charge is 0.335 e. The van der Waals surface area contributed by atoms with E-state index in [1.165, 1.54) is 19.2 Å². The molecule has 0 bridgehead atoms. The Morgan fingerprint density at radius 3 is 2.86 bits per heavy atom. The van der Waals surface area contributed by atoms with Gasteiger partial charge in [0.2, 0.25) is 0 Å². The first kappa shape index (κ1) is 15.0. The summed E-state index contributed by atoms with van der Waals surface area (Å²) in [6, 6.07) is 4.73. The summed E-state index contributed by atoms with van der Waals surface area (Å²) in [6.45, 7) is 3.37. The van der Waals surface area contributed by atoms with E-state index in [4.69, 9.17) is 4.74 Å². The Balaban J connectivity index is 2.42. The second-order valence-corrected chi connectivity index (χ2v) is 4.94. The lowest BCUT2D eigenvalue weighted by Gasteiger charge is -2.30. The van der Waals surface area contributed by atoms with Gasteiger partial charge in [-0.2, -0.15) is 0 Å². The minimum absolute atomic E-state index is 0.0200. The standard InChI is InChI=1S/C15H18N2O4/c1-3-4-7-16-10-12(15(18)21-2)8-11-9-13(17(19)20)5-6-14(11)16/h5-6,8-9H,3-4,7,10H2,1-2H3. The van der Waals surface area contributed by atoms with Gasteiger partial charge >= 0.3 is 5.97 Å². The highest BCUT2D eigenvalue weighted by molar-refractivity contribution is 5.97. The Kier molecular flexibility index (Phi) is 4.57. The average Bonchev–Trinajstić information content (AvgIpc) is 2.50. The Morgan fingerprint density at radius 2 is 2.24 bits per heavy atom. The maximum atomic E-state index is 11.8. The van der Waals surface area contributed by atoms with Gasteiger partial charge in [-0.1, -0.05) is 13.3 Å². The van der Waals surface area contributed by atoms with Crippen LogP contribution in [-0.2, 0) is 9.53 Å². The first-order chi connectivity index (χ1) is 10.1. The van der Waals surface area contributed by atoms with Crippen molar-refractivity contribution in [3.8, 4) is 0 Å². The molecule has 6 heteroatoms. The van der Waals surface area contributed by atoms with E-state index in [0.717, 1.165) is 25.1 Å². The van der Waals surface area contributed by atoms with Crippen LogP contribution in [0.3, 0.4) is 0 Å². The highest BCUT2D eigenvalue weighted by atomic mass is 16.6. The van der Waals surface area contributed by atoms with E-state index < -0.39 is 10.9 Å². The van der Waals surface area contributed by atoms with Crippen LogP contribution < -0.4 is 4.90 Å². The number of unbranched alkanes of at least 4 members (excludes halogenated alkanes) is 1. The van der Waals surface area contributed by atoms with Crippen molar-refractivity contribution in [2.45, 2.75) is 19.8 Å². The monoisotopic (exact) mass is 290 g/mol. The molecule has 0 fully saturated rings. The minimum Gasteiger partial charge on any atom is -0.466 e. The molecule has 0 radical (unpaired) electrons. The van der Waals surface area contributed by atoms with Gasteiger partial charge in [0.1, 0.15) is 0 Å². The number of methoxy groups -OCH3 is 1. The van der Waals surface area contributed by atoms with Gasteiger partial charge in [0, 0.05) is 29.9 Å². The predicted molar refractivity (Wildman–Crippen MR) is 80.2 cm³/mol. The van der Waals surface area contributed by atoms with Crippen LogP contribution in [0.4, 0.5) is 11.4 Å². The molecule has 1 aromatic carbocycles. The van der Waals surface area contributed by atoms with E-state index in [1.807, 2.05) is 0 Å². The summed E-state index contributed by atoms with van der Waals surface area (Å²) in [4.78, 5) is 24.3. The normalized spacial score (nSPS) is 13.4.